The van der Waals surface area contributed by atoms with Crippen molar-refractivity contribution in [3.8, 4) is 5.88 Å². The third kappa shape index (κ3) is 3.75. The number of aromatic nitrogens is 2. The molecule has 10 heteroatoms. The molecule has 28 heavy (non-hydrogen) atoms. The van der Waals surface area contributed by atoms with Crippen LogP contribution in [0, 0.1) is 5.82 Å². The second-order valence-electron chi connectivity index (χ2n) is 6.13. The minimum atomic E-state index is -3.01. The van der Waals surface area contributed by atoms with Crippen LogP contribution in [-0.4, -0.2) is 41.9 Å². The van der Waals surface area contributed by atoms with Crippen molar-refractivity contribution in [2.24, 2.45) is 10.7 Å². The van der Waals surface area contributed by atoms with E-state index in [4.69, 9.17) is 15.2 Å². The zero-order chi connectivity index (χ0) is 20.3. The lowest BCUT2D eigenvalue weighted by molar-refractivity contribution is 0.0246. The standard InChI is InChI=1S/C18H17F3N4O3/c1-27-15-9-23-13(8-24-15)14(26)7-10-2-3-12(19)11(6-10)18(16(20)21)4-5-28-17(22)25-18/h2-3,6,8-9,16H,4-5,7H2,1H3,(H2,22,25)/t18-/m0/s1. The van der Waals surface area contributed by atoms with E-state index in [9.17, 15) is 18.0 Å². The number of hydrogen-bond donors (Lipinski definition) is 1. The summed E-state index contributed by atoms with van der Waals surface area (Å²) in [6.45, 7) is -0.121. The van der Waals surface area contributed by atoms with Gasteiger partial charge in [-0.15, -0.1) is 0 Å². The second kappa shape index (κ2) is 7.83. The number of nitrogens with two attached hydrogens (primary N) is 1. The highest BCUT2D eigenvalue weighted by Gasteiger charge is 2.46. The topological polar surface area (TPSA) is 99.7 Å². The van der Waals surface area contributed by atoms with Gasteiger partial charge in [-0.1, -0.05) is 6.07 Å². The molecular weight excluding hydrogens is 377 g/mol. The SMILES string of the molecule is COc1cnc(C(=O)Cc2ccc(F)c([C@]3(C(F)F)CCOC(N)=N3)c2)cn1. The summed E-state index contributed by atoms with van der Waals surface area (Å²) >= 11 is 0. The van der Waals surface area contributed by atoms with Crippen molar-refractivity contribution in [1.82, 2.24) is 9.97 Å². The van der Waals surface area contributed by atoms with Gasteiger partial charge in [-0.3, -0.25) is 4.79 Å². The van der Waals surface area contributed by atoms with Gasteiger partial charge in [0.1, 0.15) is 11.5 Å². The summed E-state index contributed by atoms with van der Waals surface area (Å²) in [5, 5.41) is 0. The number of nitrogens with zero attached hydrogens (tertiary/aromatic N) is 3. The minimum absolute atomic E-state index is 0.0728. The Hall–Kier alpha value is -3.17. The van der Waals surface area contributed by atoms with Crippen molar-refractivity contribution in [2.45, 2.75) is 24.8 Å². The molecule has 0 fully saturated rings. The first-order chi connectivity index (χ1) is 13.4. The number of amidine groups is 1. The summed E-state index contributed by atoms with van der Waals surface area (Å²) in [7, 11) is 1.41. The Morgan fingerprint density at radius 3 is 2.75 bits per heavy atom. The smallest absolute Gasteiger partial charge is 0.283 e. The molecule has 1 aromatic heterocycles. The fraction of sp³-hybridized carbons (Fsp3) is 0.333. The van der Waals surface area contributed by atoms with Gasteiger partial charge in [0.25, 0.3) is 12.4 Å². The van der Waals surface area contributed by atoms with Gasteiger partial charge in [0.2, 0.25) is 5.88 Å². The Balaban J connectivity index is 1.92. The van der Waals surface area contributed by atoms with Crippen LogP contribution in [0.5, 0.6) is 5.88 Å². The van der Waals surface area contributed by atoms with Gasteiger partial charge in [-0.25, -0.2) is 28.1 Å². The molecule has 1 aromatic carbocycles. The number of halogens is 3. The predicted octanol–water partition coefficient (Wildman–Crippen LogP) is 2.25. The molecule has 0 saturated heterocycles. The molecule has 0 bridgehead atoms. The van der Waals surface area contributed by atoms with Crippen molar-refractivity contribution in [3.63, 3.8) is 0 Å². The maximum atomic E-state index is 14.4. The first-order valence-electron chi connectivity index (χ1n) is 8.30. The molecule has 0 spiro atoms. The summed E-state index contributed by atoms with van der Waals surface area (Å²) in [5.74, 6) is -1.03. The van der Waals surface area contributed by atoms with Crippen LogP contribution in [0.3, 0.4) is 0 Å². The fourth-order valence-electron chi connectivity index (χ4n) is 2.92. The molecule has 0 aliphatic carbocycles. The monoisotopic (exact) mass is 394 g/mol. The van der Waals surface area contributed by atoms with Crippen molar-refractivity contribution in [3.05, 3.63) is 53.2 Å². The van der Waals surface area contributed by atoms with E-state index in [1.165, 1.54) is 31.6 Å². The first-order valence-corrected chi connectivity index (χ1v) is 8.30. The number of hydrogen-bond acceptors (Lipinski definition) is 7. The van der Waals surface area contributed by atoms with Crippen molar-refractivity contribution in [1.29, 1.82) is 0 Å². The van der Waals surface area contributed by atoms with Crippen LogP contribution in [0.15, 0.2) is 35.6 Å². The lowest BCUT2D eigenvalue weighted by Crippen LogP contribution is -2.41. The number of methoxy groups -OCH3 is 1. The third-order valence-corrected chi connectivity index (χ3v) is 4.39. The highest BCUT2D eigenvalue weighted by Crippen LogP contribution is 2.40. The van der Waals surface area contributed by atoms with Gasteiger partial charge >= 0.3 is 0 Å². The van der Waals surface area contributed by atoms with E-state index in [-0.39, 0.29) is 36.6 Å². The Morgan fingerprint density at radius 2 is 2.14 bits per heavy atom. The van der Waals surface area contributed by atoms with E-state index >= 15 is 0 Å². The van der Waals surface area contributed by atoms with E-state index in [1.807, 2.05) is 0 Å². The van der Waals surface area contributed by atoms with Crippen LogP contribution in [0.4, 0.5) is 13.2 Å². The average Bonchev–Trinajstić information content (AvgIpc) is 2.69. The molecular formula is C18H17F3N4O3. The van der Waals surface area contributed by atoms with Gasteiger partial charge in [0.15, 0.2) is 11.3 Å². The van der Waals surface area contributed by atoms with Crippen LogP contribution < -0.4 is 10.5 Å². The number of rotatable bonds is 6. The minimum Gasteiger partial charge on any atom is -0.480 e. The molecule has 1 aliphatic rings. The molecule has 0 radical (unpaired) electrons. The molecule has 0 saturated carbocycles. The van der Waals surface area contributed by atoms with Crippen LogP contribution in [0.2, 0.25) is 0 Å². The summed E-state index contributed by atoms with van der Waals surface area (Å²) in [5.41, 5.74) is 3.36. The zero-order valence-corrected chi connectivity index (χ0v) is 14.9. The number of ether oxygens (including phenoxy) is 2. The molecule has 1 aliphatic heterocycles. The highest BCUT2D eigenvalue weighted by atomic mass is 19.3. The fourth-order valence-corrected chi connectivity index (χ4v) is 2.92. The Labute approximate surface area is 158 Å². The van der Waals surface area contributed by atoms with Gasteiger partial charge in [0.05, 0.1) is 26.1 Å². The third-order valence-electron chi connectivity index (χ3n) is 4.39. The molecule has 0 amide bonds. The lowest BCUT2D eigenvalue weighted by Gasteiger charge is -2.33. The van der Waals surface area contributed by atoms with Crippen LogP contribution >= 0.6 is 0 Å². The Kier molecular flexibility index (Phi) is 5.48. The van der Waals surface area contributed by atoms with E-state index < -0.39 is 29.6 Å². The van der Waals surface area contributed by atoms with E-state index in [0.717, 1.165) is 6.07 Å². The quantitative estimate of drug-likeness (QED) is 0.755. The summed E-state index contributed by atoms with van der Waals surface area (Å²) in [6, 6.07) is 3.15. The molecule has 2 heterocycles. The summed E-state index contributed by atoms with van der Waals surface area (Å²) < 4.78 is 51.9. The Bertz CT molecular complexity index is 905. The van der Waals surface area contributed by atoms with Crippen LogP contribution in [0.1, 0.15) is 28.0 Å². The number of ketones is 1. The molecule has 148 valence electrons. The number of benzene rings is 1. The predicted molar refractivity (Wildman–Crippen MR) is 92.9 cm³/mol. The van der Waals surface area contributed by atoms with Crippen LogP contribution in [0.25, 0.3) is 0 Å². The zero-order valence-electron chi connectivity index (χ0n) is 14.9. The van der Waals surface area contributed by atoms with Crippen molar-refractivity contribution < 1.29 is 27.4 Å². The molecule has 2 N–H and O–H groups in total. The molecule has 7 nitrogen and oxygen atoms in total. The normalized spacial score (nSPS) is 19.1. The number of Topliss-reactive ketones (excluding diaryl/α,β-unsaturated/α-hetero) is 1. The van der Waals surface area contributed by atoms with Crippen LogP contribution in [-0.2, 0) is 16.7 Å². The van der Waals surface area contributed by atoms with Gasteiger partial charge in [0, 0.05) is 18.4 Å². The highest BCUT2D eigenvalue weighted by molar-refractivity contribution is 5.95. The number of carbonyl (C=O) groups excluding carboxylic acids is 1. The van der Waals surface area contributed by atoms with Crippen molar-refractivity contribution in [2.75, 3.05) is 13.7 Å². The molecule has 1 atom stereocenters. The first kappa shape index (κ1) is 19.6. The maximum Gasteiger partial charge on any atom is 0.283 e. The van der Waals surface area contributed by atoms with Crippen molar-refractivity contribution >= 4 is 11.8 Å². The summed E-state index contributed by atoms with van der Waals surface area (Å²) in [4.78, 5) is 23.9. The lowest BCUT2D eigenvalue weighted by atomic mass is 9.85. The van der Waals surface area contributed by atoms with Gasteiger partial charge in [-0.05, 0) is 17.7 Å². The van der Waals surface area contributed by atoms with Gasteiger partial charge in [-0.2, -0.15) is 0 Å². The molecule has 3 rings (SSSR count). The van der Waals surface area contributed by atoms with E-state index in [2.05, 4.69) is 15.0 Å². The van der Waals surface area contributed by atoms with E-state index in [0.29, 0.717) is 5.56 Å². The summed E-state index contributed by atoms with van der Waals surface area (Å²) in [6.07, 6.45) is -0.903. The largest absolute Gasteiger partial charge is 0.480 e. The molecule has 2 aromatic rings. The molecule has 0 unspecified atom stereocenters. The number of aliphatic imine (C=N–C) groups is 1. The van der Waals surface area contributed by atoms with Gasteiger partial charge < -0.3 is 15.2 Å². The number of carbonyl (C=O) groups is 1. The Morgan fingerprint density at radius 1 is 1.36 bits per heavy atom. The number of alkyl halides is 2. The van der Waals surface area contributed by atoms with E-state index in [1.54, 1.807) is 0 Å². The average molecular weight is 394 g/mol. The second-order valence-corrected chi connectivity index (χ2v) is 6.13. The maximum absolute atomic E-state index is 14.4.